The summed E-state index contributed by atoms with van der Waals surface area (Å²) in [6, 6.07) is -0.340. The molecule has 1 amide bonds. The van der Waals surface area contributed by atoms with Crippen LogP contribution in [0, 0.1) is 5.41 Å². The molecule has 0 aromatic rings. The highest BCUT2D eigenvalue weighted by Gasteiger charge is 2.22. The van der Waals surface area contributed by atoms with E-state index in [1.54, 1.807) is 11.8 Å². The van der Waals surface area contributed by atoms with Crippen LogP contribution in [0.5, 0.6) is 0 Å². The number of primary amides is 1. The van der Waals surface area contributed by atoms with Gasteiger partial charge in [0.05, 0.1) is 26.2 Å². The Hall–Kier alpha value is -2.00. The van der Waals surface area contributed by atoms with Crippen LogP contribution in [0.15, 0.2) is 0 Å². The minimum absolute atomic E-state index is 0.0943. The number of Topliss-reactive ketones (excluding diaryl/α,β-unsaturated/α-hetero) is 1. The van der Waals surface area contributed by atoms with Gasteiger partial charge >= 0.3 is 5.97 Å². The second-order valence-electron chi connectivity index (χ2n) is 5.01. The van der Waals surface area contributed by atoms with Crippen molar-refractivity contribution in [3.8, 4) is 0 Å². The lowest BCUT2D eigenvalue weighted by molar-refractivity contribution is -0.139. The number of nitrogens with zero attached hydrogens (tertiary/aromatic N) is 2. The summed E-state index contributed by atoms with van der Waals surface area (Å²) in [5.74, 6) is -1.90. The standard InChI is InChI=1S/C12H23N5O4/c1-8(17(6-11(15)19)7-12(20)21)3-16(4-9(2)18)5-10(13)14/h8H,3-7H2,1-2H3,(H3,13,14)(H2,15,19)(H,20,21)/t8-/m0/s1. The molecule has 0 heterocycles. The summed E-state index contributed by atoms with van der Waals surface area (Å²) in [5, 5.41) is 16.1. The summed E-state index contributed by atoms with van der Waals surface area (Å²) < 4.78 is 0. The average Bonchev–Trinajstić information content (AvgIpc) is 2.24. The maximum Gasteiger partial charge on any atom is 0.317 e. The Morgan fingerprint density at radius 3 is 2.10 bits per heavy atom. The number of hydrogen-bond donors (Lipinski definition) is 4. The van der Waals surface area contributed by atoms with Gasteiger partial charge in [-0.15, -0.1) is 0 Å². The molecule has 6 N–H and O–H groups in total. The molecule has 120 valence electrons. The van der Waals surface area contributed by atoms with E-state index in [1.165, 1.54) is 11.8 Å². The number of nitrogens with one attached hydrogen (secondary N) is 1. The van der Waals surface area contributed by atoms with E-state index < -0.39 is 11.9 Å². The molecule has 0 saturated carbocycles. The van der Waals surface area contributed by atoms with Gasteiger partial charge in [0.15, 0.2) is 0 Å². The van der Waals surface area contributed by atoms with Crippen molar-refractivity contribution in [1.29, 1.82) is 5.41 Å². The van der Waals surface area contributed by atoms with Crippen LogP contribution < -0.4 is 11.5 Å². The van der Waals surface area contributed by atoms with Crippen LogP contribution >= 0.6 is 0 Å². The molecule has 0 spiro atoms. The van der Waals surface area contributed by atoms with Crippen molar-refractivity contribution in [3.05, 3.63) is 0 Å². The van der Waals surface area contributed by atoms with Crippen LogP contribution in [0.3, 0.4) is 0 Å². The van der Waals surface area contributed by atoms with E-state index in [2.05, 4.69) is 0 Å². The first-order valence-corrected chi connectivity index (χ1v) is 6.40. The third kappa shape index (κ3) is 9.52. The van der Waals surface area contributed by atoms with Gasteiger partial charge in [0.1, 0.15) is 11.6 Å². The van der Waals surface area contributed by atoms with E-state index in [0.29, 0.717) is 6.54 Å². The number of carbonyl (C=O) groups is 3. The predicted octanol–water partition coefficient (Wildman–Crippen LogP) is -1.93. The molecule has 0 unspecified atom stereocenters. The summed E-state index contributed by atoms with van der Waals surface area (Å²) in [4.78, 5) is 36.1. The van der Waals surface area contributed by atoms with Crippen molar-refractivity contribution in [1.82, 2.24) is 9.80 Å². The topological polar surface area (TPSA) is 154 Å². The Morgan fingerprint density at radius 2 is 1.71 bits per heavy atom. The lowest BCUT2D eigenvalue weighted by Crippen LogP contribution is -2.49. The maximum atomic E-state index is 11.2. The van der Waals surface area contributed by atoms with Gasteiger partial charge in [-0.05, 0) is 13.8 Å². The summed E-state index contributed by atoms with van der Waals surface area (Å²) in [5.41, 5.74) is 10.4. The number of amides is 1. The number of ketones is 1. The SMILES string of the molecule is CC(=O)CN(CC(=N)N)C[C@H](C)N(CC(N)=O)CC(=O)O. The van der Waals surface area contributed by atoms with Crippen molar-refractivity contribution in [2.45, 2.75) is 19.9 Å². The molecule has 0 aromatic heterocycles. The lowest BCUT2D eigenvalue weighted by atomic mass is 10.2. The predicted molar refractivity (Wildman–Crippen MR) is 76.9 cm³/mol. The summed E-state index contributed by atoms with van der Waals surface area (Å²) in [7, 11) is 0. The van der Waals surface area contributed by atoms with Crippen LogP contribution in [0.25, 0.3) is 0 Å². The second-order valence-corrected chi connectivity index (χ2v) is 5.01. The second kappa shape index (κ2) is 9.03. The van der Waals surface area contributed by atoms with Gasteiger partial charge in [-0.25, -0.2) is 0 Å². The van der Waals surface area contributed by atoms with Gasteiger partial charge in [0, 0.05) is 12.6 Å². The van der Waals surface area contributed by atoms with E-state index in [9.17, 15) is 14.4 Å². The van der Waals surface area contributed by atoms with Crippen LogP contribution in [0.2, 0.25) is 0 Å². The Morgan fingerprint density at radius 1 is 1.14 bits per heavy atom. The van der Waals surface area contributed by atoms with Crippen molar-refractivity contribution in [2.75, 3.05) is 32.7 Å². The number of hydrogen-bond acceptors (Lipinski definition) is 6. The van der Waals surface area contributed by atoms with E-state index in [1.807, 2.05) is 0 Å². The Balaban J connectivity index is 4.81. The number of nitrogens with two attached hydrogens (primary N) is 2. The van der Waals surface area contributed by atoms with Gasteiger partial charge in [0.2, 0.25) is 5.91 Å². The highest BCUT2D eigenvalue weighted by atomic mass is 16.4. The molecule has 9 heteroatoms. The van der Waals surface area contributed by atoms with E-state index in [4.69, 9.17) is 22.0 Å². The third-order valence-electron chi connectivity index (χ3n) is 2.68. The fourth-order valence-corrected chi connectivity index (χ4v) is 1.97. The van der Waals surface area contributed by atoms with Crippen LogP contribution in [-0.2, 0) is 14.4 Å². The molecule has 0 aliphatic carbocycles. The number of aliphatic carboxylic acids is 1. The molecule has 0 aromatic carbocycles. The molecule has 9 nitrogen and oxygen atoms in total. The van der Waals surface area contributed by atoms with Crippen molar-refractivity contribution in [2.24, 2.45) is 11.5 Å². The molecule has 0 aliphatic heterocycles. The quantitative estimate of drug-likeness (QED) is 0.256. The fraction of sp³-hybridized carbons (Fsp3) is 0.667. The van der Waals surface area contributed by atoms with Gasteiger partial charge < -0.3 is 16.6 Å². The van der Waals surface area contributed by atoms with Crippen molar-refractivity contribution in [3.63, 3.8) is 0 Å². The first-order chi connectivity index (χ1) is 9.61. The molecular weight excluding hydrogens is 278 g/mol. The number of rotatable bonds is 11. The van der Waals surface area contributed by atoms with Gasteiger partial charge in [-0.1, -0.05) is 0 Å². The zero-order valence-electron chi connectivity index (χ0n) is 12.3. The Bertz CT molecular complexity index is 380. The van der Waals surface area contributed by atoms with Crippen LogP contribution in [0.1, 0.15) is 13.8 Å². The average molecular weight is 301 g/mol. The van der Waals surface area contributed by atoms with Crippen molar-refractivity contribution < 1.29 is 19.5 Å². The highest BCUT2D eigenvalue weighted by molar-refractivity contribution is 5.81. The molecule has 0 aliphatic rings. The number of carboxylic acids is 1. The number of carboxylic acid groups (broad SMARTS) is 1. The minimum atomic E-state index is -1.08. The molecule has 0 bridgehead atoms. The largest absolute Gasteiger partial charge is 0.480 e. The molecule has 0 radical (unpaired) electrons. The van der Waals surface area contributed by atoms with E-state index in [-0.39, 0.29) is 43.8 Å². The number of amidine groups is 1. The van der Waals surface area contributed by atoms with E-state index >= 15 is 0 Å². The first-order valence-electron chi connectivity index (χ1n) is 6.40. The smallest absolute Gasteiger partial charge is 0.317 e. The zero-order chi connectivity index (χ0) is 16.6. The Labute approximate surface area is 123 Å². The molecule has 0 rings (SSSR count). The summed E-state index contributed by atoms with van der Waals surface area (Å²) in [6.07, 6.45) is 0. The van der Waals surface area contributed by atoms with Gasteiger partial charge in [-0.2, -0.15) is 0 Å². The molecule has 21 heavy (non-hydrogen) atoms. The first kappa shape index (κ1) is 19.0. The minimum Gasteiger partial charge on any atom is -0.480 e. The lowest BCUT2D eigenvalue weighted by Gasteiger charge is -2.31. The summed E-state index contributed by atoms with van der Waals surface area (Å²) >= 11 is 0. The van der Waals surface area contributed by atoms with E-state index in [0.717, 1.165) is 0 Å². The molecular formula is C12H23N5O4. The molecule has 1 atom stereocenters. The maximum absolute atomic E-state index is 11.2. The molecule has 0 fully saturated rings. The third-order valence-corrected chi connectivity index (χ3v) is 2.68. The number of carbonyl (C=O) groups excluding carboxylic acids is 2. The zero-order valence-corrected chi connectivity index (χ0v) is 12.3. The molecule has 0 saturated heterocycles. The van der Waals surface area contributed by atoms with Crippen LogP contribution in [0.4, 0.5) is 0 Å². The highest BCUT2D eigenvalue weighted by Crippen LogP contribution is 2.02. The van der Waals surface area contributed by atoms with Gasteiger partial charge in [-0.3, -0.25) is 29.6 Å². The fourth-order valence-electron chi connectivity index (χ4n) is 1.97. The monoisotopic (exact) mass is 301 g/mol. The van der Waals surface area contributed by atoms with Crippen molar-refractivity contribution >= 4 is 23.5 Å². The Kier molecular flexibility index (Phi) is 8.17. The normalized spacial score (nSPS) is 12.4. The van der Waals surface area contributed by atoms with Gasteiger partial charge in [0.25, 0.3) is 0 Å². The van der Waals surface area contributed by atoms with Crippen LogP contribution in [-0.4, -0.2) is 77.2 Å². The summed E-state index contributed by atoms with van der Waals surface area (Å²) in [6.45, 7) is 3.09.